The summed E-state index contributed by atoms with van der Waals surface area (Å²) in [6.45, 7) is 8.78. The molecule has 4 heterocycles. The first-order valence-corrected chi connectivity index (χ1v) is 10.9. The smallest absolute Gasteiger partial charge is 0.158 e. The number of nitrogens with one attached hydrogen (secondary N) is 2. The molecule has 3 aromatic heterocycles. The quantitative estimate of drug-likeness (QED) is 0.503. The molecule has 0 spiro atoms. The van der Waals surface area contributed by atoms with Crippen molar-refractivity contribution in [1.29, 1.82) is 0 Å². The van der Waals surface area contributed by atoms with E-state index in [2.05, 4.69) is 58.0 Å². The second-order valence-corrected chi connectivity index (χ2v) is 9.73. The van der Waals surface area contributed by atoms with E-state index < -0.39 is 0 Å². The fourth-order valence-corrected chi connectivity index (χ4v) is 4.94. The number of anilines is 1. The number of hydrogen-bond donors (Lipinski definition) is 2. The summed E-state index contributed by atoms with van der Waals surface area (Å²) in [4.78, 5) is 15.8. The van der Waals surface area contributed by atoms with Crippen molar-refractivity contribution in [3.05, 3.63) is 33.4 Å². The summed E-state index contributed by atoms with van der Waals surface area (Å²) >= 11 is 3.35. The van der Waals surface area contributed by atoms with Gasteiger partial charge in [-0.25, -0.2) is 15.0 Å². The lowest BCUT2D eigenvalue weighted by molar-refractivity contribution is 0.454. The number of fused-ring (bicyclic) bond motifs is 1. The Morgan fingerprint density at radius 3 is 2.85 bits per heavy atom. The molecule has 0 aliphatic carbocycles. The molecule has 0 saturated carbocycles. The lowest BCUT2D eigenvalue weighted by atomic mass is 9.94. The van der Waals surface area contributed by atoms with Gasteiger partial charge in [-0.1, -0.05) is 20.8 Å². The topological polar surface area (TPSA) is 75.1 Å². The van der Waals surface area contributed by atoms with Crippen molar-refractivity contribution in [1.82, 2.24) is 20.3 Å². The van der Waals surface area contributed by atoms with E-state index in [9.17, 15) is 0 Å². The number of piperidine rings is 1. The summed E-state index contributed by atoms with van der Waals surface area (Å²) < 4.78 is 0. The normalized spacial score (nSPS) is 16.4. The van der Waals surface area contributed by atoms with Crippen LogP contribution in [-0.2, 0) is 5.41 Å². The molecule has 0 radical (unpaired) electrons. The number of hydrogen-bond acceptors (Lipinski definition) is 8. The Balaban J connectivity index is 1.48. The maximum Gasteiger partial charge on any atom is 0.158 e. The van der Waals surface area contributed by atoms with Crippen LogP contribution in [-0.4, -0.2) is 34.3 Å². The third kappa shape index (κ3) is 4.17. The van der Waals surface area contributed by atoms with Crippen LogP contribution in [0, 0.1) is 0 Å². The Hall–Kier alpha value is -1.90. The van der Waals surface area contributed by atoms with Gasteiger partial charge in [0.25, 0.3) is 0 Å². The Morgan fingerprint density at radius 1 is 1.26 bits per heavy atom. The molecule has 2 N–H and O–H groups in total. The molecular weight excluding hydrogens is 376 g/mol. The van der Waals surface area contributed by atoms with Crippen LogP contribution in [0.1, 0.15) is 55.1 Å². The number of nitrogens with zero attached hydrogens (tertiary/aromatic N) is 4. The predicted molar refractivity (Wildman–Crippen MR) is 114 cm³/mol. The Bertz CT molecular complexity index is 947. The number of rotatable bonds is 4. The first-order valence-electron chi connectivity index (χ1n) is 9.21. The van der Waals surface area contributed by atoms with Gasteiger partial charge >= 0.3 is 0 Å². The molecule has 0 unspecified atom stereocenters. The molecule has 27 heavy (non-hydrogen) atoms. The monoisotopic (exact) mass is 400 g/mol. The largest absolute Gasteiger partial charge is 0.317 e. The second kappa shape index (κ2) is 7.61. The van der Waals surface area contributed by atoms with E-state index >= 15 is 0 Å². The third-order valence-corrected chi connectivity index (χ3v) is 6.98. The lowest BCUT2D eigenvalue weighted by Gasteiger charge is -2.20. The third-order valence-electron chi connectivity index (χ3n) is 4.71. The number of thiazole rings is 1. The summed E-state index contributed by atoms with van der Waals surface area (Å²) in [5.74, 6) is 1.30. The second-order valence-electron chi connectivity index (χ2n) is 7.81. The molecular formula is C19H24N6S2. The summed E-state index contributed by atoms with van der Waals surface area (Å²) in [6, 6.07) is 2.16. The van der Waals surface area contributed by atoms with Gasteiger partial charge < -0.3 is 5.32 Å². The summed E-state index contributed by atoms with van der Waals surface area (Å²) in [5, 5.41) is 11.9. The van der Waals surface area contributed by atoms with E-state index in [0.29, 0.717) is 5.92 Å². The van der Waals surface area contributed by atoms with Gasteiger partial charge in [0, 0.05) is 16.2 Å². The molecule has 3 aromatic rings. The van der Waals surface area contributed by atoms with E-state index in [1.807, 2.05) is 0 Å². The highest BCUT2D eigenvalue weighted by atomic mass is 32.1. The summed E-state index contributed by atoms with van der Waals surface area (Å²) in [6.07, 6.45) is 5.68. The van der Waals surface area contributed by atoms with Gasteiger partial charge in [0.05, 0.1) is 17.3 Å². The Kier molecular flexibility index (Phi) is 5.21. The van der Waals surface area contributed by atoms with E-state index in [-0.39, 0.29) is 5.41 Å². The van der Waals surface area contributed by atoms with Crippen molar-refractivity contribution >= 4 is 44.9 Å². The average Bonchev–Trinajstić information content (AvgIpc) is 3.29. The summed E-state index contributed by atoms with van der Waals surface area (Å²) in [7, 11) is 0. The van der Waals surface area contributed by atoms with Gasteiger partial charge in [-0.3, -0.25) is 5.43 Å². The molecule has 142 valence electrons. The van der Waals surface area contributed by atoms with Crippen LogP contribution < -0.4 is 10.7 Å². The fraction of sp³-hybridized carbons (Fsp3) is 0.474. The van der Waals surface area contributed by atoms with Crippen molar-refractivity contribution in [3.63, 3.8) is 0 Å². The van der Waals surface area contributed by atoms with Crippen molar-refractivity contribution in [2.45, 2.75) is 44.9 Å². The van der Waals surface area contributed by atoms with Crippen molar-refractivity contribution in [2.24, 2.45) is 5.10 Å². The van der Waals surface area contributed by atoms with Gasteiger partial charge in [-0.15, -0.1) is 22.7 Å². The molecule has 1 fully saturated rings. The number of aromatic nitrogens is 3. The maximum absolute atomic E-state index is 4.73. The molecule has 1 saturated heterocycles. The first kappa shape index (κ1) is 18.5. The molecule has 8 heteroatoms. The van der Waals surface area contributed by atoms with E-state index in [0.717, 1.165) is 47.0 Å². The van der Waals surface area contributed by atoms with Gasteiger partial charge in [0.1, 0.15) is 16.2 Å². The van der Waals surface area contributed by atoms with Crippen molar-refractivity contribution in [2.75, 3.05) is 18.5 Å². The van der Waals surface area contributed by atoms with Crippen molar-refractivity contribution < 1.29 is 0 Å². The predicted octanol–water partition coefficient (Wildman–Crippen LogP) is 4.36. The molecule has 1 aliphatic heterocycles. The minimum absolute atomic E-state index is 0.0951. The van der Waals surface area contributed by atoms with Gasteiger partial charge in [0.2, 0.25) is 0 Å². The molecule has 1 aliphatic rings. The SMILES string of the molecule is CC(C)(C)c1cc2c(N/N=C/c3nc(C4CCNCC4)cs3)ncnc2s1. The first-order chi connectivity index (χ1) is 13.0. The highest BCUT2D eigenvalue weighted by molar-refractivity contribution is 7.18. The van der Waals surface area contributed by atoms with Crippen LogP contribution in [0.4, 0.5) is 5.82 Å². The highest BCUT2D eigenvalue weighted by Gasteiger charge is 2.19. The van der Waals surface area contributed by atoms with Crippen molar-refractivity contribution in [3.8, 4) is 0 Å². The Labute approximate surface area is 167 Å². The zero-order chi connectivity index (χ0) is 18.9. The maximum atomic E-state index is 4.73. The van der Waals surface area contributed by atoms with E-state index in [1.165, 1.54) is 10.6 Å². The molecule has 0 amide bonds. The fourth-order valence-electron chi connectivity index (χ4n) is 3.13. The standard InChI is InChI=1S/C19H24N6S2/c1-19(2,3)15-8-13-17(21-11-22-18(13)27-15)25-23-9-16-24-14(10-26-16)12-4-6-20-7-5-12/h8-12,20H,4-7H2,1-3H3,(H,21,22,25)/b23-9+. The van der Waals surface area contributed by atoms with Gasteiger partial charge in [-0.2, -0.15) is 5.10 Å². The van der Waals surface area contributed by atoms with Crippen LogP contribution in [0.2, 0.25) is 0 Å². The van der Waals surface area contributed by atoms with E-state index in [1.54, 1.807) is 35.2 Å². The molecule has 0 bridgehead atoms. The number of thiophene rings is 1. The summed E-state index contributed by atoms with van der Waals surface area (Å²) in [5.41, 5.74) is 4.36. The Morgan fingerprint density at radius 2 is 2.07 bits per heavy atom. The zero-order valence-corrected chi connectivity index (χ0v) is 17.5. The molecule has 4 rings (SSSR count). The molecule has 0 aromatic carbocycles. The van der Waals surface area contributed by atoms with Gasteiger partial charge in [0.15, 0.2) is 5.82 Å². The van der Waals surface area contributed by atoms with Crippen LogP contribution in [0.15, 0.2) is 22.9 Å². The van der Waals surface area contributed by atoms with Gasteiger partial charge in [-0.05, 0) is 37.4 Å². The van der Waals surface area contributed by atoms with Crippen LogP contribution in [0.25, 0.3) is 10.2 Å². The zero-order valence-electron chi connectivity index (χ0n) is 15.8. The average molecular weight is 401 g/mol. The lowest BCUT2D eigenvalue weighted by Crippen LogP contribution is -2.26. The van der Waals surface area contributed by atoms with Crippen LogP contribution >= 0.6 is 22.7 Å². The van der Waals surface area contributed by atoms with Crippen LogP contribution in [0.3, 0.4) is 0 Å². The number of hydrazone groups is 1. The van der Waals surface area contributed by atoms with Crippen LogP contribution in [0.5, 0.6) is 0 Å². The highest BCUT2D eigenvalue weighted by Crippen LogP contribution is 2.35. The minimum Gasteiger partial charge on any atom is -0.317 e. The van der Waals surface area contributed by atoms with E-state index in [4.69, 9.17) is 4.98 Å². The molecule has 6 nitrogen and oxygen atoms in total. The molecule has 0 atom stereocenters. The minimum atomic E-state index is 0.0951.